The number of anilines is 2. The molecule has 2 N–H and O–H groups in total. The van der Waals surface area contributed by atoms with Crippen molar-refractivity contribution in [2.45, 2.75) is 26.9 Å². The van der Waals surface area contributed by atoms with Crippen molar-refractivity contribution in [3.05, 3.63) is 106 Å². The second-order valence-electron chi connectivity index (χ2n) is 7.76. The predicted molar refractivity (Wildman–Crippen MR) is 127 cm³/mol. The van der Waals surface area contributed by atoms with Crippen molar-refractivity contribution in [2.75, 3.05) is 10.6 Å². The van der Waals surface area contributed by atoms with Crippen LogP contribution in [0, 0.1) is 13.8 Å². The first-order valence-corrected chi connectivity index (χ1v) is 10.3. The van der Waals surface area contributed by atoms with Gasteiger partial charge in [-0.25, -0.2) is 0 Å². The van der Waals surface area contributed by atoms with E-state index in [1.807, 2.05) is 92.7 Å². The van der Waals surface area contributed by atoms with Gasteiger partial charge in [-0.15, -0.1) is 0 Å². The molecule has 156 valence electrons. The zero-order chi connectivity index (χ0) is 21.8. The summed E-state index contributed by atoms with van der Waals surface area (Å²) in [6.45, 7) is 4.28. The van der Waals surface area contributed by atoms with E-state index in [-0.39, 0.29) is 18.0 Å². The zero-order valence-corrected chi connectivity index (χ0v) is 17.7. The van der Waals surface area contributed by atoms with E-state index in [0.29, 0.717) is 12.1 Å². The molecule has 0 aliphatic carbocycles. The van der Waals surface area contributed by atoms with Crippen molar-refractivity contribution in [1.82, 2.24) is 4.57 Å². The maximum Gasteiger partial charge on any atom is 0.256 e. The van der Waals surface area contributed by atoms with Crippen molar-refractivity contribution in [3.8, 4) is 0 Å². The Morgan fingerprint density at radius 2 is 1.58 bits per heavy atom. The SMILES string of the molecule is Cc1cccc(NC(=O)Cn2c(=O)c(CNc3ccccc3)cc3ccc(C)cc32)c1. The second kappa shape index (κ2) is 8.88. The Morgan fingerprint density at radius 1 is 0.839 bits per heavy atom. The Kier molecular flexibility index (Phi) is 5.85. The first-order chi connectivity index (χ1) is 15.0. The lowest BCUT2D eigenvalue weighted by Crippen LogP contribution is -2.30. The lowest BCUT2D eigenvalue weighted by atomic mass is 10.1. The number of hydrogen-bond donors (Lipinski definition) is 2. The maximum absolute atomic E-state index is 13.3. The summed E-state index contributed by atoms with van der Waals surface area (Å²) in [6.07, 6.45) is 0. The smallest absolute Gasteiger partial charge is 0.256 e. The number of aromatic nitrogens is 1. The molecule has 0 aliphatic rings. The molecule has 5 heteroatoms. The lowest BCUT2D eigenvalue weighted by Gasteiger charge is -2.15. The molecule has 0 bridgehead atoms. The van der Waals surface area contributed by atoms with Crippen LogP contribution in [-0.4, -0.2) is 10.5 Å². The molecule has 0 spiro atoms. The largest absolute Gasteiger partial charge is 0.381 e. The Labute approximate surface area is 181 Å². The van der Waals surface area contributed by atoms with Gasteiger partial charge >= 0.3 is 0 Å². The van der Waals surface area contributed by atoms with E-state index >= 15 is 0 Å². The van der Waals surface area contributed by atoms with Crippen molar-refractivity contribution in [3.63, 3.8) is 0 Å². The molecule has 0 radical (unpaired) electrons. The van der Waals surface area contributed by atoms with E-state index in [0.717, 1.165) is 33.4 Å². The molecule has 4 aromatic rings. The first kappa shape index (κ1) is 20.4. The maximum atomic E-state index is 13.3. The summed E-state index contributed by atoms with van der Waals surface area (Å²) in [5.41, 5.74) is 4.97. The molecule has 0 saturated carbocycles. The predicted octanol–water partition coefficient (Wildman–Crippen LogP) is 4.87. The molecule has 5 nitrogen and oxygen atoms in total. The topological polar surface area (TPSA) is 63.1 Å². The van der Waals surface area contributed by atoms with Crippen molar-refractivity contribution in [2.24, 2.45) is 0 Å². The molecule has 4 rings (SSSR count). The van der Waals surface area contributed by atoms with Crippen LogP contribution in [0.15, 0.2) is 83.7 Å². The number of pyridine rings is 1. The fraction of sp³-hybridized carbons (Fsp3) is 0.154. The van der Waals surface area contributed by atoms with E-state index in [9.17, 15) is 9.59 Å². The van der Waals surface area contributed by atoms with Gasteiger partial charge in [-0.3, -0.25) is 14.2 Å². The number of rotatable bonds is 6. The number of aryl methyl sites for hydroxylation is 2. The summed E-state index contributed by atoms with van der Waals surface area (Å²) in [6, 6.07) is 25.2. The molecule has 1 aromatic heterocycles. The van der Waals surface area contributed by atoms with Gasteiger partial charge in [0, 0.05) is 23.5 Å². The van der Waals surface area contributed by atoms with Crippen molar-refractivity contribution < 1.29 is 4.79 Å². The van der Waals surface area contributed by atoms with Gasteiger partial charge in [0.05, 0.1) is 5.52 Å². The van der Waals surface area contributed by atoms with Crippen LogP contribution in [0.2, 0.25) is 0 Å². The minimum absolute atomic E-state index is 0.0497. The Bertz CT molecular complexity index is 1290. The van der Waals surface area contributed by atoms with Crippen molar-refractivity contribution >= 4 is 28.2 Å². The molecule has 0 fully saturated rings. The highest BCUT2D eigenvalue weighted by molar-refractivity contribution is 5.92. The van der Waals surface area contributed by atoms with Gasteiger partial charge in [0.15, 0.2) is 0 Å². The highest BCUT2D eigenvalue weighted by Gasteiger charge is 2.13. The summed E-state index contributed by atoms with van der Waals surface area (Å²) in [5.74, 6) is -0.233. The summed E-state index contributed by atoms with van der Waals surface area (Å²) in [7, 11) is 0. The number of benzene rings is 3. The van der Waals surface area contributed by atoms with Gasteiger partial charge in [0.25, 0.3) is 5.56 Å². The number of carbonyl (C=O) groups is 1. The fourth-order valence-corrected chi connectivity index (χ4v) is 3.65. The van der Waals surface area contributed by atoms with Crippen LogP contribution in [0.1, 0.15) is 16.7 Å². The summed E-state index contributed by atoms with van der Waals surface area (Å²) in [4.78, 5) is 26.1. The highest BCUT2D eigenvalue weighted by Crippen LogP contribution is 2.17. The number of amides is 1. The van der Waals surface area contributed by atoms with Crippen LogP contribution in [0.25, 0.3) is 10.9 Å². The number of hydrogen-bond acceptors (Lipinski definition) is 3. The van der Waals surface area contributed by atoms with Crippen LogP contribution in [0.4, 0.5) is 11.4 Å². The summed E-state index contributed by atoms with van der Waals surface area (Å²) >= 11 is 0. The first-order valence-electron chi connectivity index (χ1n) is 10.3. The third-order valence-electron chi connectivity index (χ3n) is 5.19. The molecule has 0 unspecified atom stereocenters. The average molecular weight is 412 g/mol. The summed E-state index contributed by atoms with van der Waals surface area (Å²) in [5, 5.41) is 7.12. The molecule has 0 aliphatic heterocycles. The van der Waals surface area contributed by atoms with Crippen molar-refractivity contribution in [1.29, 1.82) is 0 Å². The third kappa shape index (κ3) is 4.83. The number of fused-ring (bicyclic) bond motifs is 1. The second-order valence-corrected chi connectivity index (χ2v) is 7.76. The standard InChI is InChI=1S/C26H25N3O2/c1-18-7-6-10-23(13-18)28-25(30)17-29-24-14-19(2)11-12-20(24)15-21(26(29)31)16-27-22-8-4-3-5-9-22/h3-15,27H,16-17H2,1-2H3,(H,28,30). The van der Waals surface area contributed by atoms with Crippen LogP contribution in [-0.2, 0) is 17.9 Å². The normalized spacial score (nSPS) is 10.8. The minimum Gasteiger partial charge on any atom is -0.381 e. The van der Waals surface area contributed by atoms with E-state index in [4.69, 9.17) is 0 Å². The minimum atomic E-state index is -0.233. The van der Waals surface area contributed by atoms with Gasteiger partial charge in [0.2, 0.25) is 5.91 Å². The Balaban J connectivity index is 1.66. The molecule has 31 heavy (non-hydrogen) atoms. The van der Waals surface area contributed by atoms with E-state index in [2.05, 4.69) is 10.6 Å². The van der Waals surface area contributed by atoms with Crippen LogP contribution >= 0.6 is 0 Å². The lowest BCUT2D eigenvalue weighted by molar-refractivity contribution is -0.116. The zero-order valence-electron chi connectivity index (χ0n) is 17.7. The van der Waals surface area contributed by atoms with Gasteiger partial charge in [0.1, 0.15) is 6.54 Å². The molecule has 1 heterocycles. The highest BCUT2D eigenvalue weighted by atomic mass is 16.2. The van der Waals surface area contributed by atoms with E-state index in [1.54, 1.807) is 4.57 Å². The van der Waals surface area contributed by atoms with Crippen LogP contribution in [0.5, 0.6) is 0 Å². The molecular weight excluding hydrogens is 386 g/mol. The molecule has 3 aromatic carbocycles. The third-order valence-corrected chi connectivity index (χ3v) is 5.19. The summed E-state index contributed by atoms with van der Waals surface area (Å²) < 4.78 is 1.56. The number of nitrogens with zero attached hydrogens (tertiary/aromatic N) is 1. The number of carbonyl (C=O) groups excluding carboxylic acids is 1. The molecule has 0 saturated heterocycles. The van der Waals surface area contributed by atoms with E-state index in [1.165, 1.54) is 0 Å². The Hall–Kier alpha value is -3.86. The molecule has 1 amide bonds. The monoisotopic (exact) mass is 411 g/mol. The van der Waals surface area contributed by atoms with Crippen LogP contribution in [0.3, 0.4) is 0 Å². The van der Waals surface area contributed by atoms with Gasteiger partial charge < -0.3 is 10.6 Å². The van der Waals surface area contributed by atoms with Gasteiger partial charge in [-0.05, 0) is 66.8 Å². The quantitative estimate of drug-likeness (QED) is 0.476. The number of nitrogens with one attached hydrogen (secondary N) is 2. The average Bonchev–Trinajstić information content (AvgIpc) is 2.75. The van der Waals surface area contributed by atoms with Gasteiger partial charge in [-0.1, -0.05) is 42.5 Å². The molecular formula is C26H25N3O2. The molecule has 0 atom stereocenters. The number of para-hydroxylation sites is 1. The van der Waals surface area contributed by atoms with E-state index < -0.39 is 0 Å². The Morgan fingerprint density at radius 3 is 2.35 bits per heavy atom. The van der Waals surface area contributed by atoms with Crippen LogP contribution < -0.4 is 16.2 Å². The van der Waals surface area contributed by atoms with Gasteiger partial charge in [-0.2, -0.15) is 0 Å². The fourth-order valence-electron chi connectivity index (χ4n) is 3.65.